The fourth-order valence-electron chi connectivity index (χ4n) is 5.73. The highest BCUT2D eigenvalue weighted by molar-refractivity contribution is 6.15. The first kappa shape index (κ1) is 27.5. The number of hydrogen-bond acceptors (Lipinski definition) is 7. The number of halogens is 2. The average Bonchev–Trinajstić information content (AvgIpc) is 2.95. The molecule has 2 aliphatic heterocycles. The summed E-state index contributed by atoms with van der Waals surface area (Å²) in [6, 6.07) is 10.5. The molecule has 3 aliphatic rings. The van der Waals surface area contributed by atoms with Gasteiger partial charge in [0.1, 0.15) is 0 Å². The number of aliphatic hydroxyl groups excluding tert-OH is 1. The number of aliphatic hydroxyl groups is 1. The summed E-state index contributed by atoms with van der Waals surface area (Å²) in [5.41, 5.74) is 3.64. The van der Waals surface area contributed by atoms with Crippen molar-refractivity contribution in [1.29, 1.82) is 0 Å². The van der Waals surface area contributed by atoms with Gasteiger partial charge in [-0.25, -0.2) is 0 Å². The number of nitrogens with one attached hydrogen (secondary N) is 1. The third-order valence-corrected chi connectivity index (χ3v) is 7.75. The summed E-state index contributed by atoms with van der Waals surface area (Å²) >= 11 is 0. The minimum atomic E-state index is -2.99. The Morgan fingerprint density at radius 3 is 2.67 bits per heavy atom. The zero-order valence-corrected chi connectivity index (χ0v) is 22.1. The molecule has 10 heteroatoms. The van der Waals surface area contributed by atoms with Crippen LogP contribution in [0, 0.1) is 0 Å². The Kier molecular flexibility index (Phi) is 8.74. The maximum atomic E-state index is 13.1. The van der Waals surface area contributed by atoms with Crippen molar-refractivity contribution in [2.24, 2.45) is 4.99 Å². The van der Waals surface area contributed by atoms with Gasteiger partial charge in [0.25, 0.3) is 5.91 Å². The monoisotopic (exact) mass is 543 g/mol. The lowest BCUT2D eigenvalue weighted by atomic mass is 9.74. The van der Waals surface area contributed by atoms with Crippen LogP contribution >= 0.6 is 0 Å². The van der Waals surface area contributed by atoms with Gasteiger partial charge in [-0.2, -0.15) is 8.78 Å². The number of hydrogen-bond donors (Lipinski definition) is 2. The number of carbonyl (C=O) groups is 1. The van der Waals surface area contributed by atoms with Crippen molar-refractivity contribution in [2.75, 3.05) is 46.5 Å². The van der Waals surface area contributed by atoms with Crippen LogP contribution in [0.2, 0.25) is 0 Å². The van der Waals surface area contributed by atoms with Crippen molar-refractivity contribution in [3.8, 4) is 11.5 Å². The predicted octanol–water partition coefficient (Wildman–Crippen LogP) is 3.60. The van der Waals surface area contributed by atoms with Crippen molar-refractivity contribution in [3.05, 3.63) is 58.7 Å². The van der Waals surface area contributed by atoms with Crippen LogP contribution < -0.4 is 14.8 Å². The van der Waals surface area contributed by atoms with Gasteiger partial charge in [0.05, 0.1) is 38.2 Å². The van der Waals surface area contributed by atoms with Crippen LogP contribution in [0.3, 0.4) is 0 Å². The highest BCUT2D eigenvalue weighted by Gasteiger charge is 2.37. The van der Waals surface area contributed by atoms with Crippen LogP contribution in [0.1, 0.15) is 58.6 Å². The quantitative estimate of drug-likeness (QED) is 0.470. The summed E-state index contributed by atoms with van der Waals surface area (Å²) in [5, 5.41) is 13.3. The van der Waals surface area contributed by atoms with E-state index in [1.54, 1.807) is 24.3 Å². The Hall–Kier alpha value is -3.08. The van der Waals surface area contributed by atoms with Crippen LogP contribution in [0.4, 0.5) is 8.78 Å². The molecule has 1 amide bonds. The van der Waals surface area contributed by atoms with E-state index in [0.717, 1.165) is 56.0 Å². The number of benzene rings is 2. The summed E-state index contributed by atoms with van der Waals surface area (Å²) in [4.78, 5) is 20.1. The number of nitrogens with zero attached hydrogens (tertiary/aromatic N) is 2. The van der Waals surface area contributed by atoms with Crippen LogP contribution in [0.15, 0.2) is 41.4 Å². The van der Waals surface area contributed by atoms with Gasteiger partial charge in [0.2, 0.25) is 0 Å². The van der Waals surface area contributed by atoms with E-state index in [1.165, 1.54) is 7.11 Å². The Morgan fingerprint density at radius 1 is 1.18 bits per heavy atom. The Balaban J connectivity index is 1.33. The molecular weight excluding hydrogens is 508 g/mol. The molecule has 5 rings (SSSR count). The van der Waals surface area contributed by atoms with E-state index in [4.69, 9.17) is 19.2 Å². The van der Waals surface area contributed by atoms with Gasteiger partial charge < -0.3 is 24.6 Å². The smallest absolute Gasteiger partial charge is 0.387 e. The molecule has 2 aromatic rings. The number of rotatable bonds is 9. The van der Waals surface area contributed by atoms with Crippen molar-refractivity contribution in [1.82, 2.24) is 10.2 Å². The molecule has 0 spiro atoms. The maximum absolute atomic E-state index is 13.1. The van der Waals surface area contributed by atoms with Gasteiger partial charge >= 0.3 is 6.61 Å². The normalized spacial score (nSPS) is 23.0. The highest BCUT2D eigenvalue weighted by atomic mass is 19.3. The van der Waals surface area contributed by atoms with E-state index in [2.05, 4.69) is 10.2 Å². The molecule has 1 saturated heterocycles. The van der Waals surface area contributed by atoms with Crippen LogP contribution in [-0.2, 0) is 4.74 Å². The predicted molar refractivity (Wildman–Crippen MR) is 142 cm³/mol. The molecule has 39 heavy (non-hydrogen) atoms. The molecule has 210 valence electrons. The van der Waals surface area contributed by atoms with Gasteiger partial charge in [-0.15, -0.1) is 0 Å². The lowest BCUT2D eigenvalue weighted by Gasteiger charge is -2.37. The zero-order valence-electron chi connectivity index (χ0n) is 22.1. The van der Waals surface area contributed by atoms with E-state index in [1.807, 2.05) is 12.1 Å². The molecular formula is C29H35F2N3O5. The number of aliphatic imine (C=N–C) groups is 1. The van der Waals surface area contributed by atoms with Crippen LogP contribution in [0.5, 0.6) is 11.5 Å². The molecule has 0 bridgehead atoms. The second-order valence-electron chi connectivity index (χ2n) is 10.2. The lowest BCUT2D eigenvalue weighted by Crippen LogP contribution is -2.38. The fourth-order valence-corrected chi connectivity index (χ4v) is 5.73. The maximum Gasteiger partial charge on any atom is 0.387 e. The van der Waals surface area contributed by atoms with Crippen molar-refractivity contribution < 1.29 is 32.9 Å². The van der Waals surface area contributed by atoms with E-state index in [0.29, 0.717) is 37.1 Å². The first-order valence-electron chi connectivity index (χ1n) is 13.5. The molecule has 2 heterocycles. The van der Waals surface area contributed by atoms with E-state index in [-0.39, 0.29) is 29.4 Å². The summed E-state index contributed by atoms with van der Waals surface area (Å²) in [5.74, 6) is -0.0937. The number of ether oxygens (including phenoxy) is 3. The molecule has 3 unspecified atom stereocenters. The number of carbonyl (C=O) groups excluding carboxylic acids is 1. The molecule has 2 aromatic carbocycles. The van der Waals surface area contributed by atoms with Gasteiger partial charge in [0, 0.05) is 42.2 Å². The van der Waals surface area contributed by atoms with Crippen molar-refractivity contribution in [3.63, 3.8) is 0 Å². The van der Waals surface area contributed by atoms with Crippen molar-refractivity contribution in [2.45, 2.75) is 50.4 Å². The number of amides is 1. The third kappa shape index (κ3) is 6.40. The topological polar surface area (TPSA) is 92.6 Å². The molecule has 3 atom stereocenters. The number of alkyl halides is 2. The Bertz CT molecular complexity index is 1180. The summed E-state index contributed by atoms with van der Waals surface area (Å²) in [6.07, 6.45) is 2.22. The van der Waals surface area contributed by atoms with Gasteiger partial charge in [0.15, 0.2) is 11.5 Å². The van der Waals surface area contributed by atoms with E-state index in [9.17, 15) is 18.7 Å². The first-order valence-corrected chi connectivity index (χ1v) is 13.5. The van der Waals surface area contributed by atoms with E-state index >= 15 is 0 Å². The molecule has 1 aliphatic carbocycles. The van der Waals surface area contributed by atoms with E-state index < -0.39 is 12.7 Å². The molecule has 8 nitrogen and oxygen atoms in total. The summed E-state index contributed by atoms with van der Waals surface area (Å²) in [6.45, 7) is 1.91. The minimum absolute atomic E-state index is 0.0352. The molecule has 0 aromatic heterocycles. The molecule has 0 radical (unpaired) electrons. The summed E-state index contributed by atoms with van der Waals surface area (Å²) < 4.78 is 41.7. The average molecular weight is 544 g/mol. The molecule has 1 saturated carbocycles. The van der Waals surface area contributed by atoms with Crippen molar-refractivity contribution >= 4 is 11.6 Å². The summed E-state index contributed by atoms with van der Waals surface area (Å²) in [7, 11) is 1.40. The fraction of sp³-hybridized carbons (Fsp3) is 0.517. The van der Waals surface area contributed by atoms with Gasteiger partial charge in [-0.05, 0) is 62.1 Å². The zero-order chi connectivity index (χ0) is 27.4. The number of methoxy groups -OCH3 is 1. The standard InChI is InChI=1S/C29H35F2N3O5/c1-37-25-17-23-21(16-26(25)39-29(30)31)22-15-20(35)7-8-24(22)33-27(23)18-3-5-19(6-4-18)28(36)32-9-2-10-34-11-13-38-14-12-34/h3-6,16-17,20,22,24,29,35H,2,7-15H2,1H3,(H,32,36). The number of morpholine rings is 1. The van der Waals surface area contributed by atoms with Gasteiger partial charge in [-0.1, -0.05) is 12.1 Å². The number of fused-ring (bicyclic) bond motifs is 3. The SMILES string of the molecule is COc1cc2c(cc1OC(F)F)C1CC(O)CCC1N=C2c1ccc(C(=O)NCCCN2CCOCC2)cc1. The van der Waals surface area contributed by atoms with Crippen LogP contribution in [0.25, 0.3) is 0 Å². The Labute approximate surface area is 227 Å². The Morgan fingerprint density at radius 2 is 1.95 bits per heavy atom. The minimum Gasteiger partial charge on any atom is -0.493 e. The second kappa shape index (κ2) is 12.4. The second-order valence-corrected chi connectivity index (χ2v) is 10.2. The highest BCUT2D eigenvalue weighted by Crippen LogP contribution is 2.45. The lowest BCUT2D eigenvalue weighted by molar-refractivity contribution is -0.0513. The largest absolute Gasteiger partial charge is 0.493 e. The molecule has 2 N–H and O–H groups in total. The first-order chi connectivity index (χ1) is 18.9. The third-order valence-electron chi connectivity index (χ3n) is 7.75. The van der Waals surface area contributed by atoms with Crippen LogP contribution in [-0.4, -0.2) is 86.9 Å². The van der Waals surface area contributed by atoms with Gasteiger partial charge in [-0.3, -0.25) is 14.7 Å². The molecule has 2 fully saturated rings.